The molecule has 0 aliphatic carbocycles. The first-order valence-corrected chi connectivity index (χ1v) is 9.30. The fourth-order valence-corrected chi connectivity index (χ4v) is 3.21. The molecule has 0 bridgehead atoms. The highest BCUT2D eigenvalue weighted by Crippen LogP contribution is 2.25. The predicted octanol–water partition coefficient (Wildman–Crippen LogP) is 4.49. The molecule has 0 radical (unpaired) electrons. The molecule has 3 heterocycles. The summed E-state index contributed by atoms with van der Waals surface area (Å²) in [6, 6.07) is 25.5. The Morgan fingerprint density at radius 2 is 1.73 bits per heavy atom. The number of fused-ring (bicyclic) bond motifs is 1. The van der Waals surface area contributed by atoms with Gasteiger partial charge >= 0.3 is 0 Å². The molecule has 142 valence electrons. The van der Waals surface area contributed by atoms with Crippen molar-refractivity contribution in [3.63, 3.8) is 0 Å². The number of nitriles is 1. The first kappa shape index (κ1) is 17.5. The van der Waals surface area contributed by atoms with Crippen LogP contribution in [0.1, 0.15) is 5.56 Å². The van der Waals surface area contributed by atoms with Gasteiger partial charge in [0.15, 0.2) is 11.6 Å². The van der Waals surface area contributed by atoms with Gasteiger partial charge in [-0.25, -0.2) is 15.0 Å². The van der Waals surface area contributed by atoms with Crippen molar-refractivity contribution in [3.05, 3.63) is 90.9 Å². The second-order valence-electron chi connectivity index (χ2n) is 6.57. The van der Waals surface area contributed by atoms with E-state index in [-0.39, 0.29) is 0 Å². The molecule has 0 amide bonds. The van der Waals surface area contributed by atoms with Gasteiger partial charge in [-0.3, -0.25) is 0 Å². The minimum atomic E-state index is 0.393. The van der Waals surface area contributed by atoms with Gasteiger partial charge in [0.25, 0.3) is 0 Å². The van der Waals surface area contributed by atoms with E-state index in [4.69, 9.17) is 0 Å². The number of nitrogens with zero attached hydrogens (tertiary/aromatic N) is 6. The number of hydrogen-bond acceptors (Lipinski definition) is 6. The summed E-state index contributed by atoms with van der Waals surface area (Å²) in [6.07, 6.45) is 3.00. The van der Waals surface area contributed by atoms with Gasteiger partial charge in [0.2, 0.25) is 0 Å². The summed E-state index contributed by atoms with van der Waals surface area (Å²) in [5.41, 5.74) is 3.00. The highest BCUT2D eigenvalue weighted by molar-refractivity contribution is 5.79. The quantitative estimate of drug-likeness (QED) is 0.487. The van der Waals surface area contributed by atoms with E-state index in [1.165, 1.54) is 12.5 Å². The number of aromatic nitrogens is 5. The molecule has 7 nitrogen and oxygen atoms in total. The summed E-state index contributed by atoms with van der Waals surface area (Å²) in [5.74, 6) is 1.66. The predicted molar refractivity (Wildman–Crippen MR) is 114 cm³/mol. The average Bonchev–Trinajstić information content (AvgIpc) is 3.22. The van der Waals surface area contributed by atoms with E-state index in [9.17, 15) is 5.26 Å². The number of hydrogen-bond donors (Lipinski definition) is 1. The maximum absolute atomic E-state index is 9.56. The largest absolute Gasteiger partial charge is 0.324 e. The molecule has 5 rings (SSSR count). The Balaban J connectivity index is 1.55. The van der Waals surface area contributed by atoms with E-state index in [0.717, 1.165) is 22.2 Å². The van der Waals surface area contributed by atoms with Gasteiger partial charge in [-0.1, -0.05) is 48.5 Å². The lowest BCUT2D eigenvalue weighted by atomic mass is 10.1. The van der Waals surface area contributed by atoms with Gasteiger partial charge in [-0.15, -0.1) is 0 Å². The van der Waals surface area contributed by atoms with Crippen molar-refractivity contribution in [2.24, 2.45) is 0 Å². The molecule has 0 fully saturated rings. The number of benzene rings is 2. The molecule has 0 aliphatic rings. The van der Waals surface area contributed by atoms with E-state index in [0.29, 0.717) is 23.0 Å². The van der Waals surface area contributed by atoms with Crippen LogP contribution < -0.4 is 5.32 Å². The number of pyridine rings is 1. The first-order chi connectivity index (χ1) is 14.8. The molecule has 5 aromatic rings. The van der Waals surface area contributed by atoms with Crippen LogP contribution in [0.25, 0.3) is 28.0 Å². The number of rotatable bonds is 4. The van der Waals surface area contributed by atoms with Gasteiger partial charge in [-0.05, 0) is 18.2 Å². The van der Waals surface area contributed by atoms with E-state index in [1.54, 1.807) is 4.68 Å². The monoisotopic (exact) mass is 389 g/mol. The van der Waals surface area contributed by atoms with Crippen LogP contribution in [-0.2, 0) is 0 Å². The Bertz CT molecular complexity index is 1380. The zero-order chi connectivity index (χ0) is 20.3. The summed E-state index contributed by atoms with van der Waals surface area (Å²) in [7, 11) is 0. The van der Waals surface area contributed by atoms with Crippen molar-refractivity contribution >= 4 is 22.5 Å². The summed E-state index contributed by atoms with van der Waals surface area (Å²) >= 11 is 0. The lowest BCUT2D eigenvalue weighted by Crippen LogP contribution is -2.06. The molecule has 0 unspecified atom stereocenters. The van der Waals surface area contributed by atoms with Crippen molar-refractivity contribution in [2.75, 3.05) is 5.32 Å². The maximum atomic E-state index is 9.56. The van der Waals surface area contributed by atoms with Crippen LogP contribution in [0, 0.1) is 11.3 Å². The number of anilines is 2. The van der Waals surface area contributed by atoms with Crippen LogP contribution in [0.3, 0.4) is 0 Å². The lowest BCUT2D eigenvalue weighted by Gasteiger charge is -2.11. The topological polar surface area (TPSA) is 92.3 Å². The standard InChI is InChI=1S/C23H15N7/c24-13-18-14-27-30(22-11-10-17-8-4-5-9-19(17)28-22)23(18)29-21-12-20(25-15-26-21)16-6-2-1-3-7-16/h1-12,14-15H,(H,25,26,29). The minimum absolute atomic E-state index is 0.393. The molecule has 7 heteroatoms. The fraction of sp³-hybridized carbons (Fsp3) is 0. The third-order valence-corrected chi connectivity index (χ3v) is 4.67. The number of para-hydroxylation sites is 1. The molecular weight excluding hydrogens is 374 g/mol. The molecule has 1 N–H and O–H groups in total. The highest BCUT2D eigenvalue weighted by Gasteiger charge is 2.15. The van der Waals surface area contributed by atoms with Gasteiger partial charge in [0, 0.05) is 17.0 Å². The van der Waals surface area contributed by atoms with Crippen LogP contribution in [0.4, 0.5) is 11.6 Å². The van der Waals surface area contributed by atoms with Gasteiger partial charge in [0.1, 0.15) is 23.8 Å². The molecule has 0 saturated carbocycles. The molecule has 0 spiro atoms. The van der Waals surface area contributed by atoms with E-state index >= 15 is 0 Å². The smallest absolute Gasteiger partial charge is 0.156 e. The third-order valence-electron chi connectivity index (χ3n) is 4.67. The summed E-state index contributed by atoms with van der Waals surface area (Å²) < 4.78 is 1.61. The Morgan fingerprint density at radius 1 is 0.900 bits per heavy atom. The second-order valence-corrected chi connectivity index (χ2v) is 6.57. The van der Waals surface area contributed by atoms with Crippen LogP contribution in [0.15, 0.2) is 85.3 Å². The van der Waals surface area contributed by atoms with Gasteiger partial charge in [0.05, 0.1) is 17.4 Å². The Kier molecular flexibility index (Phi) is 4.35. The molecule has 0 aliphatic heterocycles. The maximum Gasteiger partial charge on any atom is 0.156 e. The lowest BCUT2D eigenvalue weighted by molar-refractivity contribution is 0.859. The summed E-state index contributed by atoms with van der Waals surface area (Å²) in [6.45, 7) is 0. The van der Waals surface area contributed by atoms with Crippen LogP contribution in [-0.4, -0.2) is 24.7 Å². The van der Waals surface area contributed by atoms with Crippen LogP contribution in [0.5, 0.6) is 0 Å². The Hall–Kier alpha value is -4.57. The van der Waals surface area contributed by atoms with E-state index in [2.05, 4.69) is 31.4 Å². The zero-order valence-electron chi connectivity index (χ0n) is 15.8. The van der Waals surface area contributed by atoms with Crippen molar-refractivity contribution in [1.29, 1.82) is 5.26 Å². The Labute approximate surface area is 172 Å². The molecule has 0 atom stereocenters. The zero-order valence-corrected chi connectivity index (χ0v) is 15.8. The molecule has 2 aromatic carbocycles. The van der Waals surface area contributed by atoms with E-state index in [1.807, 2.05) is 72.8 Å². The highest BCUT2D eigenvalue weighted by atomic mass is 15.4. The molecule has 30 heavy (non-hydrogen) atoms. The summed E-state index contributed by atoms with van der Waals surface area (Å²) in [4.78, 5) is 13.3. The van der Waals surface area contributed by atoms with E-state index < -0.39 is 0 Å². The molecule has 0 saturated heterocycles. The summed E-state index contributed by atoms with van der Waals surface area (Å²) in [5, 5.41) is 18.2. The van der Waals surface area contributed by atoms with Crippen molar-refractivity contribution in [1.82, 2.24) is 24.7 Å². The van der Waals surface area contributed by atoms with Gasteiger partial charge in [-0.2, -0.15) is 15.0 Å². The first-order valence-electron chi connectivity index (χ1n) is 9.30. The average molecular weight is 389 g/mol. The van der Waals surface area contributed by atoms with Crippen molar-refractivity contribution < 1.29 is 0 Å². The fourth-order valence-electron chi connectivity index (χ4n) is 3.21. The molecule has 3 aromatic heterocycles. The Morgan fingerprint density at radius 3 is 2.60 bits per heavy atom. The van der Waals surface area contributed by atoms with Gasteiger partial charge < -0.3 is 5.32 Å². The third kappa shape index (κ3) is 3.23. The number of nitrogens with one attached hydrogen (secondary N) is 1. The normalized spacial score (nSPS) is 10.6. The van der Waals surface area contributed by atoms with Crippen molar-refractivity contribution in [3.8, 4) is 23.1 Å². The molecular formula is C23H15N7. The SMILES string of the molecule is N#Cc1cnn(-c2ccc3ccccc3n2)c1Nc1cc(-c2ccccc2)ncn1. The second kappa shape index (κ2) is 7.45. The van der Waals surface area contributed by atoms with Crippen LogP contribution >= 0.6 is 0 Å². The minimum Gasteiger partial charge on any atom is -0.324 e. The van der Waals surface area contributed by atoms with Crippen molar-refractivity contribution in [2.45, 2.75) is 0 Å². The van der Waals surface area contributed by atoms with Crippen LogP contribution in [0.2, 0.25) is 0 Å².